The zero-order valence-electron chi connectivity index (χ0n) is 21.4. The van der Waals surface area contributed by atoms with Gasteiger partial charge in [0.05, 0.1) is 17.9 Å². The normalized spacial score (nSPS) is 14.8. The Bertz CT molecular complexity index is 1450. The van der Waals surface area contributed by atoms with Gasteiger partial charge in [0.25, 0.3) is 0 Å². The molecule has 0 aromatic heterocycles. The summed E-state index contributed by atoms with van der Waals surface area (Å²) in [4.78, 5) is 15.0. The van der Waals surface area contributed by atoms with Crippen LogP contribution in [0.1, 0.15) is 34.8 Å². The number of benzene rings is 4. The van der Waals surface area contributed by atoms with E-state index in [-0.39, 0.29) is 17.9 Å². The lowest BCUT2D eigenvalue weighted by Gasteiger charge is -2.27. The van der Waals surface area contributed by atoms with Gasteiger partial charge in [-0.3, -0.25) is 5.41 Å². The second-order valence-electron chi connectivity index (χ2n) is 9.36. The van der Waals surface area contributed by atoms with Gasteiger partial charge < -0.3 is 25.4 Å². The predicted octanol–water partition coefficient (Wildman–Crippen LogP) is 5.38. The molecule has 4 aromatic rings. The minimum Gasteiger partial charge on any atom is -0.489 e. The molecule has 1 aliphatic rings. The molecule has 7 nitrogen and oxygen atoms in total. The topological polar surface area (TPSA) is 101 Å². The van der Waals surface area contributed by atoms with Gasteiger partial charge in [0, 0.05) is 24.3 Å². The minimum absolute atomic E-state index is 0.0398. The number of nitrogens with two attached hydrogens (primary N) is 1. The van der Waals surface area contributed by atoms with Crippen LogP contribution in [0, 0.1) is 5.41 Å². The number of nitrogens with zero attached hydrogens (tertiary/aromatic N) is 1. The lowest BCUT2D eigenvalue weighted by molar-refractivity contribution is 0.0527. The van der Waals surface area contributed by atoms with Gasteiger partial charge in [-0.25, -0.2) is 4.79 Å². The van der Waals surface area contributed by atoms with E-state index in [4.69, 9.17) is 20.6 Å². The van der Waals surface area contributed by atoms with Crippen molar-refractivity contribution in [2.45, 2.75) is 26.0 Å². The second-order valence-corrected chi connectivity index (χ2v) is 9.36. The van der Waals surface area contributed by atoms with Gasteiger partial charge in [0.15, 0.2) is 0 Å². The Hall–Kier alpha value is -4.36. The van der Waals surface area contributed by atoms with Gasteiger partial charge in [0.2, 0.25) is 0 Å². The largest absolute Gasteiger partial charge is 0.489 e. The molecule has 5 rings (SSSR count). The Balaban J connectivity index is 1.52. The molecule has 0 spiro atoms. The molecular weight excluding hydrogens is 476 g/mol. The molecule has 1 aliphatic heterocycles. The molecule has 0 amide bonds. The van der Waals surface area contributed by atoms with Crippen molar-refractivity contribution in [3.63, 3.8) is 0 Å². The molecule has 194 valence electrons. The Kier molecular flexibility index (Phi) is 7.56. The SMILES string of the molecule is CCOC(=O)c1ccccc1N(Cc1ccc2ccc(C(=N)N)cc2c1)c1ccc(OC2CCNC2)cc1. The van der Waals surface area contributed by atoms with Crippen LogP contribution in [0.4, 0.5) is 11.4 Å². The molecule has 1 heterocycles. The highest BCUT2D eigenvalue weighted by molar-refractivity contribution is 5.99. The van der Waals surface area contributed by atoms with E-state index in [1.165, 1.54) is 0 Å². The predicted molar refractivity (Wildman–Crippen MR) is 152 cm³/mol. The third-order valence-corrected chi connectivity index (χ3v) is 6.71. The average Bonchev–Trinajstić information content (AvgIpc) is 3.45. The zero-order chi connectivity index (χ0) is 26.5. The number of anilines is 2. The monoisotopic (exact) mass is 508 g/mol. The van der Waals surface area contributed by atoms with E-state index in [0.717, 1.165) is 53.0 Å². The molecule has 1 fully saturated rings. The number of carbonyl (C=O) groups excluding carboxylic acids is 1. The molecule has 0 aliphatic carbocycles. The van der Waals surface area contributed by atoms with Crippen LogP contribution >= 0.6 is 0 Å². The van der Waals surface area contributed by atoms with Crippen molar-refractivity contribution < 1.29 is 14.3 Å². The third kappa shape index (κ3) is 5.63. The fourth-order valence-electron chi connectivity index (χ4n) is 4.78. The molecular formula is C31H32N4O3. The van der Waals surface area contributed by atoms with Gasteiger partial charge in [-0.15, -0.1) is 0 Å². The molecule has 0 bridgehead atoms. The van der Waals surface area contributed by atoms with Crippen molar-refractivity contribution in [2.24, 2.45) is 5.73 Å². The van der Waals surface area contributed by atoms with Crippen LogP contribution in [0.15, 0.2) is 84.9 Å². The second kappa shape index (κ2) is 11.4. The van der Waals surface area contributed by atoms with Crippen LogP contribution in [-0.2, 0) is 11.3 Å². The third-order valence-electron chi connectivity index (χ3n) is 6.71. The van der Waals surface area contributed by atoms with Crippen LogP contribution in [0.3, 0.4) is 0 Å². The maximum absolute atomic E-state index is 12.9. The standard InChI is InChI=1S/C31H32N4O3/c1-2-37-31(36)28-5-3-4-6-29(28)35(25-11-13-26(14-12-25)38-27-15-16-34-19-27)20-21-7-8-22-9-10-23(30(32)33)18-24(22)17-21/h3-14,17-18,27,34H,2,15-16,19-20H2,1H3,(H3,32,33). The number of amidine groups is 1. The summed E-state index contributed by atoms with van der Waals surface area (Å²) in [7, 11) is 0. The van der Waals surface area contributed by atoms with Crippen molar-refractivity contribution >= 4 is 34.0 Å². The summed E-state index contributed by atoms with van der Waals surface area (Å²) >= 11 is 0. The number of hydrogen-bond donors (Lipinski definition) is 3. The Labute approximate surface area is 222 Å². The molecule has 38 heavy (non-hydrogen) atoms. The quantitative estimate of drug-likeness (QED) is 0.159. The Morgan fingerprint density at radius 3 is 2.55 bits per heavy atom. The highest BCUT2D eigenvalue weighted by Gasteiger charge is 2.20. The summed E-state index contributed by atoms with van der Waals surface area (Å²) < 4.78 is 11.5. The Morgan fingerprint density at radius 1 is 1.03 bits per heavy atom. The summed E-state index contributed by atoms with van der Waals surface area (Å²) in [6.07, 6.45) is 1.17. The van der Waals surface area contributed by atoms with Crippen LogP contribution in [-0.4, -0.2) is 37.6 Å². The number of esters is 1. The fourth-order valence-corrected chi connectivity index (χ4v) is 4.78. The van der Waals surface area contributed by atoms with Crippen molar-refractivity contribution in [1.82, 2.24) is 5.32 Å². The first-order valence-electron chi connectivity index (χ1n) is 12.9. The number of nitrogens with one attached hydrogen (secondary N) is 2. The summed E-state index contributed by atoms with van der Waals surface area (Å²) in [5, 5.41) is 13.2. The number of ether oxygens (including phenoxy) is 2. The van der Waals surface area contributed by atoms with E-state index in [0.29, 0.717) is 24.3 Å². The van der Waals surface area contributed by atoms with Crippen molar-refractivity contribution in [3.05, 3.63) is 102 Å². The van der Waals surface area contributed by atoms with Crippen LogP contribution in [0.5, 0.6) is 5.75 Å². The molecule has 0 radical (unpaired) electrons. The molecule has 1 unspecified atom stereocenters. The van der Waals surface area contributed by atoms with Crippen LogP contribution in [0.25, 0.3) is 10.8 Å². The molecule has 4 aromatic carbocycles. The number of hydrogen-bond acceptors (Lipinski definition) is 6. The zero-order valence-corrected chi connectivity index (χ0v) is 21.4. The molecule has 1 saturated heterocycles. The fraction of sp³-hybridized carbons (Fsp3) is 0.226. The first kappa shape index (κ1) is 25.3. The summed E-state index contributed by atoms with van der Waals surface area (Å²) in [5.74, 6) is 0.507. The van der Waals surface area contributed by atoms with Crippen molar-refractivity contribution in [1.29, 1.82) is 5.41 Å². The van der Waals surface area contributed by atoms with Crippen molar-refractivity contribution in [3.8, 4) is 5.75 Å². The van der Waals surface area contributed by atoms with Gasteiger partial charge in [-0.2, -0.15) is 0 Å². The first-order chi connectivity index (χ1) is 18.5. The van der Waals surface area contributed by atoms with Crippen LogP contribution < -0.4 is 20.7 Å². The van der Waals surface area contributed by atoms with E-state index in [2.05, 4.69) is 28.4 Å². The minimum atomic E-state index is -0.355. The maximum Gasteiger partial charge on any atom is 0.340 e. The molecule has 4 N–H and O–H groups in total. The molecule has 0 saturated carbocycles. The van der Waals surface area contributed by atoms with E-state index < -0.39 is 0 Å². The van der Waals surface area contributed by atoms with Crippen molar-refractivity contribution in [2.75, 3.05) is 24.6 Å². The highest BCUT2D eigenvalue weighted by Crippen LogP contribution is 2.33. The van der Waals surface area contributed by atoms with Gasteiger partial charge in [0.1, 0.15) is 17.7 Å². The van der Waals surface area contributed by atoms with E-state index in [1.54, 1.807) is 13.0 Å². The van der Waals surface area contributed by atoms with E-state index >= 15 is 0 Å². The van der Waals surface area contributed by atoms with Gasteiger partial charge in [-0.05, 0) is 84.8 Å². The van der Waals surface area contributed by atoms with Gasteiger partial charge in [-0.1, -0.05) is 36.4 Å². The number of rotatable bonds is 9. The lowest BCUT2D eigenvalue weighted by atomic mass is 10.0. The van der Waals surface area contributed by atoms with Crippen LogP contribution in [0.2, 0.25) is 0 Å². The first-order valence-corrected chi connectivity index (χ1v) is 12.9. The Morgan fingerprint density at radius 2 is 1.82 bits per heavy atom. The molecule has 1 atom stereocenters. The number of carbonyl (C=O) groups is 1. The summed E-state index contributed by atoms with van der Waals surface area (Å²) in [5.41, 5.74) is 9.66. The number of para-hydroxylation sites is 1. The lowest BCUT2D eigenvalue weighted by Crippen LogP contribution is -2.21. The summed E-state index contributed by atoms with van der Waals surface area (Å²) in [6, 6.07) is 27.5. The maximum atomic E-state index is 12.9. The van der Waals surface area contributed by atoms with E-state index in [9.17, 15) is 4.79 Å². The summed E-state index contributed by atoms with van der Waals surface area (Å²) in [6.45, 7) is 4.46. The smallest absolute Gasteiger partial charge is 0.340 e. The number of fused-ring (bicyclic) bond motifs is 1. The average molecular weight is 509 g/mol. The molecule has 7 heteroatoms. The van der Waals surface area contributed by atoms with E-state index in [1.807, 2.05) is 60.7 Å². The highest BCUT2D eigenvalue weighted by atomic mass is 16.5. The number of nitrogen functional groups attached to an aromatic ring is 1. The van der Waals surface area contributed by atoms with Gasteiger partial charge >= 0.3 is 5.97 Å².